The fraction of sp³-hybridized carbons (Fsp3) is 0.261. The molecule has 1 saturated heterocycles. The van der Waals surface area contributed by atoms with E-state index in [1.165, 1.54) is 5.69 Å². The Bertz CT molecular complexity index is 1220. The van der Waals surface area contributed by atoms with Crippen LogP contribution in [0.2, 0.25) is 0 Å². The van der Waals surface area contributed by atoms with Gasteiger partial charge in [0.05, 0.1) is 11.9 Å². The largest absolute Gasteiger partial charge is 0.369 e. The number of anilines is 3. The molecule has 0 saturated carbocycles. The van der Waals surface area contributed by atoms with Gasteiger partial charge in [-0.3, -0.25) is 9.78 Å². The van der Waals surface area contributed by atoms with Crippen LogP contribution in [0, 0.1) is 0 Å². The van der Waals surface area contributed by atoms with Crippen molar-refractivity contribution < 1.29 is 0 Å². The van der Waals surface area contributed by atoms with Gasteiger partial charge in [0.1, 0.15) is 5.39 Å². The number of nitrogens with one attached hydrogen (secondary N) is 2. The third-order valence-electron chi connectivity index (χ3n) is 5.75. The molecule has 0 aliphatic carbocycles. The maximum Gasteiger partial charge on any atom is 0.263 e. The van der Waals surface area contributed by atoms with Gasteiger partial charge in [-0.05, 0) is 42.9 Å². The molecule has 1 aliphatic heterocycles. The summed E-state index contributed by atoms with van der Waals surface area (Å²) in [6.07, 6.45) is 1.55. The number of rotatable bonds is 5. The Kier molecular flexibility index (Phi) is 5.13. The van der Waals surface area contributed by atoms with Crippen molar-refractivity contribution in [3.8, 4) is 5.69 Å². The van der Waals surface area contributed by atoms with E-state index in [0.29, 0.717) is 17.0 Å². The predicted octanol–water partition coefficient (Wildman–Crippen LogP) is 2.99. The van der Waals surface area contributed by atoms with E-state index in [4.69, 9.17) is 0 Å². The number of likely N-dealkylation sites (N-methyl/N-ethyl adjacent to an activating group) is 1. The van der Waals surface area contributed by atoms with Gasteiger partial charge in [-0.1, -0.05) is 25.1 Å². The second-order valence-electron chi connectivity index (χ2n) is 7.64. The summed E-state index contributed by atoms with van der Waals surface area (Å²) in [5.74, 6) is 0.388. The zero-order valence-corrected chi connectivity index (χ0v) is 17.5. The molecule has 0 bridgehead atoms. The first-order valence-corrected chi connectivity index (χ1v) is 10.6. The van der Waals surface area contributed by atoms with Gasteiger partial charge in [0.25, 0.3) is 5.56 Å². The number of fused-ring (bicyclic) bond motifs is 1. The van der Waals surface area contributed by atoms with Gasteiger partial charge in [0.15, 0.2) is 5.65 Å². The molecule has 0 atom stereocenters. The van der Waals surface area contributed by atoms with Crippen molar-refractivity contribution in [1.29, 1.82) is 0 Å². The molecule has 0 radical (unpaired) electrons. The lowest BCUT2D eigenvalue weighted by Gasteiger charge is -2.35. The fourth-order valence-electron chi connectivity index (χ4n) is 3.95. The molecular formula is C23H25N7O. The van der Waals surface area contributed by atoms with Crippen LogP contribution in [-0.4, -0.2) is 57.4 Å². The summed E-state index contributed by atoms with van der Waals surface area (Å²) in [6.45, 7) is 7.58. The molecule has 158 valence electrons. The topological polar surface area (TPSA) is 82.1 Å². The highest BCUT2D eigenvalue weighted by Gasteiger charge is 2.16. The lowest BCUT2D eigenvalue weighted by atomic mass is 10.2. The molecule has 0 unspecified atom stereocenters. The van der Waals surface area contributed by atoms with Crippen LogP contribution < -0.4 is 15.8 Å². The molecule has 31 heavy (non-hydrogen) atoms. The maximum atomic E-state index is 12.5. The molecule has 0 spiro atoms. The molecule has 1 aliphatic rings. The summed E-state index contributed by atoms with van der Waals surface area (Å²) in [5.41, 5.74) is 3.22. The van der Waals surface area contributed by atoms with Crippen molar-refractivity contribution in [2.24, 2.45) is 0 Å². The zero-order valence-electron chi connectivity index (χ0n) is 17.5. The number of para-hydroxylation sites is 1. The molecule has 8 nitrogen and oxygen atoms in total. The lowest BCUT2D eigenvalue weighted by molar-refractivity contribution is 0.271. The Morgan fingerprint density at radius 1 is 0.968 bits per heavy atom. The van der Waals surface area contributed by atoms with Crippen LogP contribution in [0.3, 0.4) is 0 Å². The highest BCUT2D eigenvalue weighted by atomic mass is 16.1. The first kappa shape index (κ1) is 19.3. The third kappa shape index (κ3) is 3.89. The number of nitrogens with zero attached hydrogens (tertiary/aromatic N) is 5. The molecule has 1 fully saturated rings. The fourth-order valence-corrected chi connectivity index (χ4v) is 3.95. The SMILES string of the molecule is CCN1CCN(c2ccc(Nc3nc4c(cnn4-c4ccccc4)c(=O)[nH]3)cc2)CC1. The Labute approximate surface area is 180 Å². The van der Waals surface area contributed by atoms with E-state index in [1.54, 1.807) is 10.9 Å². The number of benzene rings is 2. The number of H-pyrrole nitrogens is 1. The van der Waals surface area contributed by atoms with Crippen molar-refractivity contribution >= 4 is 28.4 Å². The van der Waals surface area contributed by atoms with E-state index in [-0.39, 0.29) is 5.56 Å². The molecule has 3 heterocycles. The number of aromatic nitrogens is 4. The van der Waals surface area contributed by atoms with Crippen LogP contribution in [-0.2, 0) is 0 Å². The van der Waals surface area contributed by atoms with Gasteiger partial charge in [0.2, 0.25) is 5.95 Å². The van der Waals surface area contributed by atoms with Gasteiger partial charge in [-0.15, -0.1) is 0 Å². The molecule has 8 heteroatoms. The standard InChI is InChI=1S/C23H25N7O/c1-2-28-12-14-29(15-13-28)18-10-8-17(9-11-18)25-23-26-21-20(22(31)27-23)16-24-30(21)19-6-4-3-5-7-19/h3-11,16H,2,12-15H2,1H3,(H2,25,26,27,31). The number of piperazine rings is 1. The minimum Gasteiger partial charge on any atom is -0.369 e. The second-order valence-corrected chi connectivity index (χ2v) is 7.64. The predicted molar refractivity (Wildman–Crippen MR) is 124 cm³/mol. The molecule has 2 N–H and O–H groups in total. The van der Waals surface area contributed by atoms with E-state index in [1.807, 2.05) is 42.5 Å². The number of hydrogen-bond donors (Lipinski definition) is 2. The molecule has 0 amide bonds. The van der Waals surface area contributed by atoms with Crippen molar-refractivity contribution in [2.45, 2.75) is 6.92 Å². The highest BCUT2D eigenvalue weighted by Crippen LogP contribution is 2.22. The van der Waals surface area contributed by atoms with E-state index in [2.05, 4.69) is 49.2 Å². The number of hydrogen-bond acceptors (Lipinski definition) is 6. The zero-order chi connectivity index (χ0) is 21.2. The molecule has 5 rings (SSSR count). The van der Waals surface area contributed by atoms with Crippen molar-refractivity contribution in [2.75, 3.05) is 42.9 Å². The number of aromatic amines is 1. The first-order valence-electron chi connectivity index (χ1n) is 10.6. The van der Waals surface area contributed by atoms with Gasteiger partial charge < -0.3 is 15.1 Å². The summed E-state index contributed by atoms with van der Waals surface area (Å²) in [4.78, 5) is 24.8. The highest BCUT2D eigenvalue weighted by molar-refractivity contribution is 5.77. The van der Waals surface area contributed by atoms with Gasteiger partial charge >= 0.3 is 0 Å². The summed E-state index contributed by atoms with van der Waals surface area (Å²) in [5, 5.41) is 8.02. The Hall–Kier alpha value is -3.65. The molecule has 4 aromatic rings. The van der Waals surface area contributed by atoms with Crippen LogP contribution in [0.5, 0.6) is 0 Å². The van der Waals surface area contributed by atoms with Crippen LogP contribution in [0.15, 0.2) is 65.6 Å². The minimum absolute atomic E-state index is 0.222. The van der Waals surface area contributed by atoms with Gasteiger partial charge in [-0.2, -0.15) is 10.1 Å². The Morgan fingerprint density at radius 2 is 1.71 bits per heavy atom. The van der Waals surface area contributed by atoms with Crippen LogP contribution in [0.4, 0.5) is 17.3 Å². The normalized spacial score (nSPS) is 14.8. The van der Waals surface area contributed by atoms with Crippen molar-refractivity contribution in [3.05, 3.63) is 71.1 Å². The van der Waals surface area contributed by atoms with Crippen LogP contribution in [0.1, 0.15) is 6.92 Å². The van der Waals surface area contributed by atoms with Crippen LogP contribution in [0.25, 0.3) is 16.7 Å². The smallest absolute Gasteiger partial charge is 0.263 e. The average Bonchev–Trinajstić information content (AvgIpc) is 3.25. The average molecular weight is 416 g/mol. The quantitative estimate of drug-likeness (QED) is 0.522. The Balaban J connectivity index is 1.37. The maximum absolute atomic E-state index is 12.5. The van der Waals surface area contributed by atoms with E-state index in [0.717, 1.165) is 44.1 Å². The molecular weight excluding hydrogens is 390 g/mol. The summed E-state index contributed by atoms with van der Waals surface area (Å²) in [7, 11) is 0. The summed E-state index contributed by atoms with van der Waals surface area (Å²) in [6, 6.07) is 17.9. The summed E-state index contributed by atoms with van der Waals surface area (Å²) >= 11 is 0. The Morgan fingerprint density at radius 3 is 2.42 bits per heavy atom. The van der Waals surface area contributed by atoms with E-state index in [9.17, 15) is 4.79 Å². The van der Waals surface area contributed by atoms with Gasteiger partial charge in [-0.25, -0.2) is 4.68 Å². The lowest BCUT2D eigenvalue weighted by Crippen LogP contribution is -2.46. The van der Waals surface area contributed by atoms with Crippen molar-refractivity contribution in [1.82, 2.24) is 24.6 Å². The molecule has 2 aromatic carbocycles. The van der Waals surface area contributed by atoms with Gasteiger partial charge in [0, 0.05) is 37.6 Å². The van der Waals surface area contributed by atoms with E-state index < -0.39 is 0 Å². The second kappa shape index (κ2) is 8.23. The minimum atomic E-state index is -0.222. The third-order valence-corrected chi connectivity index (χ3v) is 5.75. The monoisotopic (exact) mass is 415 g/mol. The van der Waals surface area contributed by atoms with Crippen molar-refractivity contribution in [3.63, 3.8) is 0 Å². The molecule has 2 aromatic heterocycles. The first-order chi connectivity index (χ1) is 15.2. The van der Waals surface area contributed by atoms with Crippen LogP contribution >= 0.6 is 0 Å². The van der Waals surface area contributed by atoms with E-state index >= 15 is 0 Å². The summed E-state index contributed by atoms with van der Waals surface area (Å²) < 4.78 is 1.68.